The maximum absolute atomic E-state index is 7.39. The van der Waals surface area contributed by atoms with Crippen molar-refractivity contribution in [3.63, 3.8) is 0 Å². The van der Waals surface area contributed by atoms with Gasteiger partial charge in [-0.25, -0.2) is 0 Å². The number of ether oxygens (including phenoxy) is 1. The molecule has 0 heterocycles. The van der Waals surface area contributed by atoms with E-state index >= 15 is 0 Å². The lowest BCUT2D eigenvalue weighted by Crippen LogP contribution is -2.32. The average molecular weight is 200 g/mol. The third-order valence-electron chi connectivity index (χ3n) is 2.55. The fourth-order valence-corrected chi connectivity index (χ4v) is 1.14. The smallest absolute Gasteiger partial charge is 0.0963 e. The molecule has 0 aliphatic rings. The number of hydrogen-bond acceptors (Lipinski definition) is 2. The van der Waals surface area contributed by atoms with Gasteiger partial charge >= 0.3 is 0 Å². The summed E-state index contributed by atoms with van der Waals surface area (Å²) in [7, 11) is 0. The average Bonchev–Trinajstić information content (AvgIpc) is 2.04. The molecule has 0 saturated heterocycles. The van der Waals surface area contributed by atoms with Crippen LogP contribution in [0.3, 0.4) is 0 Å². The summed E-state index contributed by atoms with van der Waals surface area (Å²) < 4.78 is 5.62. The van der Waals surface area contributed by atoms with Crippen molar-refractivity contribution in [1.29, 1.82) is 5.41 Å². The van der Waals surface area contributed by atoms with Crippen LogP contribution < -0.4 is 5.73 Å². The van der Waals surface area contributed by atoms with Crippen LogP contribution in [0.5, 0.6) is 0 Å². The van der Waals surface area contributed by atoms with Crippen molar-refractivity contribution < 1.29 is 4.74 Å². The van der Waals surface area contributed by atoms with Crippen LogP contribution in [0.15, 0.2) is 0 Å². The van der Waals surface area contributed by atoms with E-state index in [0.29, 0.717) is 12.7 Å². The Morgan fingerprint density at radius 1 is 1.50 bits per heavy atom. The van der Waals surface area contributed by atoms with Crippen molar-refractivity contribution >= 4 is 5.84 Å². The first kappa shape index (κ1) is 13.4. The monoisotopic (exact) mass is 200 g/mol. The highest BCUT2D eigenvalue weighted by Crippen LogP contribution is 2.19. The SMILES string of the molecule is CCCC(C)OCCC(C)(C)C(=N)N. The van der Waals surface area contributed by atoms with Crippen LogP contribution in [0.2, 0.25) is 0 Å². The highest BCUT2D eigenvalue weighted by Gasteiger charge is 2.21. The zero-order valence-electron chi connectivity index (χ0n) is 9.89. The van der Waals surface area contributed by atoms with Gasteiger partial charge in [0.15, 0.2) is 0 Å². The maximum atomic E-state index is 7.39. The molecule has 3 N–H and O–H groups in total. The summed E-state index contributed by atoms with van der Waals surface area (Å²) in [6.07, 6.45) is 3.39. The molecule has 1 unspecified atom stereocenters. The molecule has 0 rings (SSSR count). The molecule has 0 aromatic rings. The van der Waals surface area contributed by atoms with Crippen LogP contribution >= 0.6 is 0 Å². The van der Waals surface area contributed by atoms with Crippen molar-refractivity contribution in [3.8, 4) is 0 Å². The Hall–Kier alpha value is -0.570. The highest BCUT2D eigenvalue weighted by molar-refractivity contribution is 5.82. The first-order valence-corrected chi connectivity index (χ1v) is 5.36. The summed E-state index contributed by atoms with van der Waals surface area (Å²) in [5.41, 5.74) is 5.24. The normalized spacial score (nSPS) is 14.0. The van der Waals surface area contributed by atoms with Gasteiger partial charge in [0.2, 0.25) is 0 Å². The zero-order valence-corrected chi connectivity index (χ0v) is 9.89. The summed E-state index contributed by atoms with van der Waals surface area (Å²) in [4.78, 5) is 0. The summed E-state index contributed by atoms with van der Waals surface area (Å²) in [6.45, 7) is 8.88. The highest BCUT2D eigenvalue weighted by atomic mass is 16.5. The second-order valence-corrected chi connectivity index (χ2v) is 4.52. The topological polar surface area (TPSA) is 59.1 Å². The quantitative estimate of drug-likeness (QED) is 0.490. The van der Waals surface area contributed by atoms with Crippen LogP contribution in [0.4, 0.5) is 0 Å². The molecule has 0 aliphatic carbocycles. The minimum absolute atomic E-state index is 0.230. The minimum atomic E-state index is -0.230. The van der Waals surface area contributed by atoms with E-state index in [1.54, 1.807) is 0 Å². The van der Waals surface area contributed by atoms with Crippen LogP contribution in [0.25, 0.3) is 0 Å². The van der Waals surface area contributed by atoms with Crippen molar-refractivity contribution in [3.05, 3.63) is 0 Å². The van der Waals surface area contributed by atoms with E-state index in [-0.39, 0.29) is 11.3 Å². The van der Waals surface area contributed by atoms with Crippen molar-refractivity contribution in [2.24, 2.45) is 11.1 Å². The van der Waals surface area contributed by atoms with Crippen molar-refractivity contribution in [2.75, 3.05) is 6.61 Å². The maximum Gasteiger partial charge on any atom is 0.0963 e. The molecular weight excluding hydrogens is 176 g/mol. The predicted octanol–water partition coefficient (Wildman–Crippen LogP) is 2.54. The summed E-state index contributed by atoms with van der Waals surface area (Å²) >= 11 is 0. The number of nitrogens with two attached hydrogens (primary N) is 1. The molecule has 3 heteroatoms. The first-order chi connectivity index (χ1) is 6.40. The standard InChI is InChI=1S/C11H24N2O/c1-5-6-9(2)14-8-7-11(3,4)10(12)13/h9H,5-8H2,1-4H3,(H3,12,13). The van der Waals surface area contributed by atoms with E-state index in [4.69, 9.17) is 15.9 Å². The Balaban J connectivity index is 3.68. The zero-order chi connectivity index (χ0) is 11.2. The molecule has 0 fully saturated rings. The van der Waals surface area contributed by atoms with Gasteiger partial charge < -0.3 is 10.5 Å². The fraction of sp³-hybridized carbons (Fsp3) is 0.909. The van der Waals surface area contributed by atoms with Gasteiger partial charge in [-0.3, -0.25) is 5.41 Å². The molecule has 84 valence electrons. The Bertz CT molecular complexity index is 178. The molecule has 3 nitrogen and oxygen atoms in total. The van der Waals surface area contributed by atoms with Crippen LogP contribution in [0.1, 0.15) is 47.0 Å². The van der Waals surface area contributed by atoms with Gasteiger partial charge in [-0.1, -0.05) is 27.2 Å². The van der Waals surface area contributed by atoms with Gasteiger partial charge in [-0.05, 0) is 19.8 Å². The van der Waals surface area contributed by atoms with Crippen molar-refractivity contribution in [2.45, 2.75) is 53.1 Å². The lowest BCUT2D eigenvalue weighted by Gasteiger charge is -2.23. The third-order valence-corrected chi connectivity index (χ3v) is 2.55. The Labute approximate surface area is 87.5 Å². The Morgan fingerprint density at radius 2 is 2.07 bits per heavy atom. The fourth-order valence-electron chi connectivity index (χ4n) is 1.14. The van der Waals surface area contributed by atoms with E-state index in [2.05, 4.69) is 13.8 Å². The summed E-state index contributed by atoms with van der Waals surface area (Å²) in [5.74, 6) is 0.240. The lowest BCUT2D eigenvalue weighted by molar-refractivity contribution is 0.0485. The van der Waals surface area contributed by atoms with Crippen LogP contribution in [0, 0.1) is 10.8 Å². The molecule has 14 heavy (non-hydrogen) atoms. The van der Waals surface area contributed by atoms with Gasteiger partial charge in [0.25, 0.3) is 0 Å². The second kappa shape index (κ2) is 6.02. The molecule has 0 saturated carbocycles. The van der Waals surface area contributed by atoms with Gasteiger partial charge in [0.1, 0.15) is 0 Å². The Kier molecular flexibility index (Phi) is 5.77. The second-order valence-electron chi connectivity index (χ2n) is 4.52. The molecular formula is C11H24N2O. The number of hydrogen-bond donors (Lipinski definition) is 2. The molecule has 0 bridgehead atoms. The lowest BCUT2D eigenvalue weighted by atomic mass is 9.88. The van der Waals surface area contributed by atoms with E-state index in [1.165, 1.54) is 0 Å². The Morgan fingerprint density at radius 3 is 2.50 bits per heavy atom. The van der Waals surface area contributed by atoms with E-state index in [9.17, 15) is 0 Å². The molecule has 0 amide bonds. The van der Waals surface area contributed by atoms with Crippen LogP contribution in [-0.2, 0) is 4.74 Å². The van der Waals surface area contributed by atoms with Gasteiger partial charge in [0.05, 0.1) is 11.9 Å². The van der Waals surface area contributed by atoms with Gasteiger partial charge in [-0.15, -0.1) is 0 Å². The van der Waals surface area contributed by atoms with Gasteiger partial charge in [0, 0.05) is 12.0 Å². The van der Waals surface area contributed by atoms with Gasteiger partial charge in [-0.2, -0.15) is 0 Å². The van der Waals surface area contributed by atoms with E-state index < -0.39 is 0 Å². The number of nitrogens with one attached hydrogen (secondary N) is 1. The number of amidine groups is 1. The molecule has 0 aliphatic heterocycles. The predicted molar refractivity (Wildman–Crippen MR) is 60.6 cm³/mol. The third kappa shape index (κ3) is 5.22. The molecule has 0 aromatic carbocycles. The molecule has 0 radical (unpaired) electrons. The summed E-state index contributed by atoms with van der Waals surface area (Å²) in [5, 5.41) is 7.39. The first-order valence-electron chi connectivity index (χ1n) is 5.36. The van der Waals surface area contributed by atoms with E-state index in [0.717, 1.165) is 19.3 Å². The van der Waals surface area contributed by atoms with E-state index in [1.807, 2.05) is 13.8 Å². The van der Waals surface area contributed by atoms with Crippen LogP contribution in [-0.4, -0.2) is 18.5 Å². The minimum Gasteiger partial charge on any atom is -0.387 e. The molecule has 1 atom stereocenters. The molecule has 0 aromatic heterocycles. The largest absolute Gasteiger partial charge is 0.387 e. The molecule has 0 spiro atoms. The summed E-state index contributed by atoms with van der Waals surface area (Å²) in [6, 6.07) is 0. The number of rotatable bonds is 7. The van der Waals surface area contributed by atoms with Crippen molar-refractivity contribution in [1.82, 2.24) is 0 Å².